The highest BCUT2D eigenvalue weighted by atomic mass is 19.4. The van der Waals surface area contributed by atoms with Gasteiger partial charge in [0.25, 0.3) is 0 Å². The molecule has 0 unspecified atom stereocenters. The summed E-state index contributed by atoms with van der Waals surface area (Å²) in [5.74, 6) is 0. The lowest BCUT2D eigenvalue weighted by Crippen LogP contribution is -2.19. The van der Waals surface area contributed by atoms with E-state index in [9.17, 15) is 13.2 Å². The number of hydrogen-bond acceptors (Lipinski definition) is 2. The maximum absolute atomic E-state index is 11.8. The third kappa shape index (κ3) is 7.79. The molecule has 1 rings (SSSR count). The Morgan fingerprint density at radius 3 is 2.53 bits per heavy atom. The first-order valence-corrected chi connectivity index (χ1v) is 5.81. The van der Waals surface area contributed by atoms with Crippen molar-refractivity contribution >= 4 is 0 Å². The molecule has 1 heterocycles. The Balaban J connectivity index is 1.85. The quantitative estimate of drug-likeness (QED) is 0.718. The van der Waals surface area contributed by atoms with Gasteiger partial charge >= 0.3 is 6.18 Å². The van der Waals surface area contributed by atoms with Gasteiger partial charge in [-0.1, -0.05) is 0 Å². The molecule has 0 radical (unpaired) electrons. The van der Waals surface area contributed by atoms with E-state index in [2.05, 4.69) is 10.3 Å². The molecular weight excluding hydrogens is 231 g/mol. The number of rotatable bonds is 8. The molecule has 0 bridgehead atoms. The van der Waals surface area contributed by atoms with Crippen LogP contribution in [0.2, 0.25) is 0 Å². The summed E-state index contributed by atoms with van der Waals surface area (Å²) < 4.78 is 37.4. The van der Waals surface area contributed by atoms with Gasteiger partial charge in [-0.25, -0.2) is 4.98 Å². The minimum Gasteiger partial charge on any atom is -0.337 e. The Kier molecular flexibility index (Phi) is 6.04. The smallest absolute Gasteiger partial charge is 0.337 e. The van der Waals surface area contributed by atoms with E-state index >= 15 is 0 Å². The summed E-state index contributed by atoms with van der Waals surface area (Å²) in [6.07, 6.45) is 2.79. The number of imidazole rings is 1. The number of aryl methyl sites for hydroxylation is 1. The number of unbranched alkanes of at least 4 members (excludes halogenated alkanes) is 1. The minimum atomic E-state index is -4.02. The van der Waals surface area contributed by atoms with Gasteiger partial charge in [0.05, 0.1) is 6.33 Å². The van der Waals surface area contributed by atoms with Gasteiger partial charge in [-0.2, -0.15) is 13.2 Å². The van der Waals surface area contributed by atoms with Gasteiger partial charge in [0.2, 0.25) is 0 Å². The van der Waals surface area contributed by atoms with Crippen LogP contribution in [0.4, 0.5) is 13.2 Å². The zero-order valence-electron chi connectivity index (χ0n) is 9.71. The number of alkyl halides is 3. The van der Waals surface area contributed by atoms with Crippen molar-refractivity contribution in [1.29, 1.82) is 0 Å². The Hall–Kier alpha value is -1.04. The molecule has 0 aromatic carbocycles. The molecule has 1 aromatic heterocycles. The molecular formula is C11H18F3N3. The molecule has 1 N–H and O–H groups in total. The lowest BCUT2D eigenvalue weighted by atomic mass is 10.3. The van der Waals surface area contributed by atoms with Crippen molar-refractivity contribution in [3.8, 4) is 0 Å². The van der Waals surface area contributed by atoms with E-state index in [-0.39, 0.29) is 6.42 Å². The maximum atomic E-state index is 11.8. The summed E-state index contributed by atoms with van der Waals surface area (Å²) in [6.45, 7) is 2.11. The second kappa shape index (κ2) is 7.32. The molecule has 0 saturated carbocycles. The van der Waals surface area contributed by atoms with Gasteiger partial charge < -0.3 is 9.88 Å². The molecule has 0 aliphatic heterocycles. The van der Waals surface area contributed by atoms with E-state index in [1.165, 1.54) is 0 Å². The monoisotopic (exact) mass is 249 g/mol. The van der Waals surface area contributed by atoms with E-state index in [0.717, 1.165) is 25.9 Å². The molecule has 3 nitrogen and oxygen atoms in total. The van der Waals surface area contributed by atoms with Crippen LogP contribution < -0.4 is 5.32 Å². The van der Waals surface area contributed by atoms with Crippen LogP contribution in [0.25, 0.3) is 0 Å². The van der Waals surface area contributed by atoms with E-state index in [4.69, 9.17) is 0 Å². The van der Waals surface area contributed by atoms with Crippen LogP contribution in [0.5, 0.6) is 0 Å². The van der Waals surface area contributed by atoms with E-state index in [1.54, 1.807) is 12.5 Å². The molecule has 0 aliphatic rings. The van der Waals surface area contributed by atoms with Gasteiger partial charge in [-0.05, 0) is 32.4 Å². The van der Waals surface area contributed by atoms with Gasteiger partial charge in [-0.15, -0.1) is 0 Å². The molecule has 98 valence electrons. The van der Waals surface area contributed by atoms with Gasteiger partial charge in [0.1, 0.15) is 0 Å². The highest BCUT2D eigenvalue weighted by molar-refractivity contribution is 4.73. The van der Waals surface area contributed by atoms with E-state index < -0.39 is 12.6 Å². The number of halogens is 3. The van der Waals surface area contributed by atoms with Crippen molar-refractivity contribution in [2.75, 3.05) is 13.1 Å². The molecule has 17 heavy (non-hydrogen) atoms. The molecule has 6 heteroatoms. The van der Waals surface area contributed by atoms with Crippen LogP contribution in [-0.4, -0.2) is 28.8 Å². The van der Waals surface area contributed by atoms with Crippen LogP contribution in [-0.2, 0) is 6.54 Å². The van der Waals surface area contributed by atoms with Gasteiger partial charge in [0.15, 0.2) is 0 Å². The number of nitrogens with zero attached hydrogens (tertiary/aromatic N) is 2. The van der Waals surface area contributed by atoms with Crippen LogP contribution in [0.1, 0.15) is 25.7 Å². The van der Waals surface area contributed by atoms with Crippen molar-refractivity contribution in [2.45, 2.75) is 38.4 Å². The Labute approximate surface area is 99.0 Å². The van der Waals surface area contributed by atoms with E-state index in [0.29, 0.717) is 6.54 Å². The second-order valence-corrected chi connectivity index (χ2v) is 3.98. The number of hydrogen-bond donors (Lipinski definition) is 1. The van der Waals surface area contributed by atoms with Crippen molar-refractivity contribution in [1.82, 2.24) is 14.9 Å². The zero-order chi connectivity index (χ0) is 12.6. The first-order chi connectivity index (χ1) is 8.08. The fourth-order valence-corrected chi connectivity index (χ4v) is 1.50. The minimum absolute atomic E-state index is 0.158. The lowest BCUT2D eigenvalue weighted by molar-refractivity contribution is -0.135. The molecule has 1 aromatic rings. The third-order valence-electron chi connectivity index (χ3n) is 2.39. The summed E-state index contributed by atoms with van der Waals surface area (Å²) in [4.78, 5) is 3.93. The average molecular weight is 249 g/mol. The summed E-state index contributed by atoms with van der Waals surface area (Å²) in [5, 5.41) is 3.01. The Bertz CT molecular complexity index is 283. The van der Waals surface area contributed by atoms with Gasteiger partial charge in [-0.3, -0.25) is 0 Å². The van der Waals surface area contributed by atoms with Crippen molar-refractivity contribution in [3.63, 3.8) is 0 Å². The zero-order valence-corrected chi connectivity index (χ0v) is 9.71. The van der Waals surface area contributed by atoms with Crippen LogP contribution in [0, 0.1) is 0 Å². The fraction of sp³-hybridized carbons (Fsp3) is 0.727. The predicted molar refractivity (Wildman–Crippen MR) is 59.6 cm³/mol. The summed E-state index contributed by atoms with van der Waals surface area (Å²) in [6, 6.07) is 0. The van der Waals surface area contributed by atoms with Crippen molar-refractivity contribution < 1.29 is 13.2 Å². The molecule has 0 aliphatic carbocycles. The van der Waals surface area contributed by atoms with Crippen molar-refractivity contribution in [2.24, 2.45) is 0 Å². The third-order valence-corrected chi connectivity index (χ3v) is 2.39. The average Bonchev–Trinajstić information content (AvgIpc) is 2.73. The van der Waals surface area contributed by atoms with Gasteiger partial charge in [0, 0.05) is 25.4 Å². The molecule has 0 spiro atoms. The Morgan fingerprint density at radius 1 is 1.12 bits per heavy atom. The molecule has 0 amide bonds. The first-order valence-electron chi connectivity index (χ1n) is 5.81. The topological polar surface area (TPSA) is 29.9 Å². The number of nitrogens with one attached hydrogen (secondary N) is 1. The van der Waals surface area contributed by atoms with Crippen LogP contribution >= 0.6 is 0 Å². The Morgan fingerprint density at radius 2 is 1.88 bits per heavy atom. The van der Waals surface area contributed by atoms with E-state index in [1.807, 2.05) is 10.8 Å². The summed E-state index contributed by atoms with van der Waals surface area (Å²) >= 11 is 0. The summed E-state index contributed by atoms with van der Waals surface area (Å²) in [5.41, 5.74) is 0. The van der Waals surface area contributed by atoms with Crippen LogP contribution in [0.3, 0.4) is 0 Å². The highest BCUT2D eigenvalue weighted by Gasteiger charge is 2.25. The van der Waals surface area contributed by atoms with Crippen LogP contribution in [0.15, 0.2) is 18.7 Å². The fourth-order valence-electron chi connectivity index (χ4n) is 1.50. The standard InChI is InChI=1S/C11H18F3N3/c12-11(13,14)4-3-6-15-5-1-2-8-17-9-7-16-10-17/h7,9-10,15H,1-6,8H2. The largest absolute Gasteiger partial charge is 0.389 e. The number of aromatic nitrogens is 2. The normalized spacial score (nSPS) is 11.9. The molecule has 0 fully saturated rings. The molecule has 0 atom stereocenters. The predicted octanol–water partition coefficient (Wildman–Crippen LogP) is 2.60. The molecule has 0 saturated heterocycles. The SMILES string of the molecule is FC(F)(F)CCCNCCCCn1ccnc1. The highest BCUT2D eigenvalue weighted by Crippen LogP contribution is 2.20. The second-order valence-electron chi connectivity index (χ2n) is 3.98. The lowest BCUT2D eigenvalue weighted by Gasteiger charge is -2.07. The van der Waals surface area contributed by atoms with Crippen molar-refractivity contribution in [3.05, 3.63) is 18.7 Å². The first kappa shape index (κ1) is 14.0. The summed E-state index contributed by atoms with van der Waals surface area (Å²) in [7, 11) is 0. The maximum Gasteiger partial charge on any atom is 0.389 e.